The van der Waals surface area contributed by atoms with Gasteiger partial charge in [0.15, 0.2) is 0 Å². The number of amides is 2. The SMILES string of the molecule is CC(CN1C(=O)c2ccccc2C1C(=O)NCCCn1ccnc1)c1ccc(Cl)cc1. The van der Waals surface area contributed by atoms with E-state index in [1.807, 2.05) is 53.2 Å². The number of nitrogens with zero attached hydrogens (tertiary/aromatic N) is 3. The fourth-order valence-corrected chi connectivity index (χ4v) is 4.15. The Morgan fingerprint density at radius 1 is 1.19 bits per heavy atom. The number of benzene rings is 2. The van der Waals surface area contributed by atoms with Gasteiger partial charge in [-0.05, 0) is 41.7 Å². The molecule has 2 heterocycles. The van der Waals surface area contributed by atoms with Crippen molar-refractivity contribution in [1.29, 1.82) is 0 Å². The average Bonchev–Trinajstić information content (AvgIpc) is 3.39. The molecule has 3 aromatic rings. The van der Waals surface area contributed by atoms with E-state index < -0.39 is 6.04 Å². The molecule has 160 valence electrons. The maximum atomic E-state index is 13.1. The summed E-state index contributed by atoms with van der Waals surface area (Å²) in [6.07, 6.45) is 6.17. The maximum absolute atomic E-state index is 13.1. The Bertz CT molecular complexity index is 1050. The molecule has 1 aliphatic rings. The molecule has 2 unspecified atom stereocenters. The third-order valence-corrected chi connectivity index (χ3v) is 5.92. The maximum Gasteiger partial charge on any atom is 0.255 e. The van der Waals surface area contributed by atoms with Crippen LogP contribution in [0, 0.1) is 0 Å². The van der Waals surface area contributed by atoms with Gasteiger partial charge in [0.2, 0.25) is 5.91 Å². The van der Waals surface area contributed by atoms with Gasteiger partial charge in [-0.2, -0.15) is 0 Å². The van der Waals surface area contributed by atoms with Crippen molar-refractivity contribution < 1.29 is 9.59 Å². The van der Waals surface area contributed by atoms with Crippen LogP contribution in [0.25, 0.3) is 0 Å². The molecule has 2 atom stereocenters. The zero-order valence-electron chi connectivity index (χ0n) is 17.4. The van der Waals surface area contributed by atoms with Gasteiger partial charge in [0, 0.05) is 42.6 Å². The molecule has 0 radical (unpaired) electrons. The Kier molecular flexibility index (Phi) is 6.37. The summed E-state index contributed by atoms with van der Waals surface area (Å²) in [6.45, 7) is 3.81. The lowest BCUT2D eigenvalue weighted by molar-refractivity contribution is -0.125. The molecule has 4 rings (SSSR count). The molecular formula is C24H25ClN4O2. The minimum Gasteiger partial charge on any atom is -0.354 e. The number of aromatic nitrogens is 2. The molecule has 1 N–H and O–H groups in total. The van der Waals surface area contributed by atoms with Crippen LogP contribution in [0.4, 0.5) is 0 Å². The topological polar surface area (TPSA) is 67.2 Å². The summed E-state index contributed by atoms with van der Waals surface area (Å²) in [4.78, 5) is 32.0. The highest BCUT2D eigenvalue weighted by Gasteiger charge is 2.41. The molecule has 0 saturated carbocycles. The number of nitrogens with one attached hydrogen (secondary N) is 1. The fourth-order valence-electron chi connectivity index (χ4n) is 4.02. The van der Waals surface area contributed by atoms with E-state index in [1.165, 1.54) is 0 Å². The second-order valence-corrected chi connectivity index (χ2v) is 8.28. The van der Waals surface area contributed by atoms with Crippen molar-refractivity contribution in [2.24, 2.45) is 0 Å². The number of rotatable bonds is 8. The average molecular weight is 437 g/mol. The van der Waals surface area contributed by atoms with E-state index in [4.69, 9.17) is 11.6 Å². The van der Waals surface area contributed by atoms with E-state index in [9.17, 15) is 9.59 Å². The van der Waals surface area contributed by atoms with Crippen LogP contribution in [0.15, 0.2) is 67.3 Å². The summed E-state index contributed by atoms with van der Waals surface area (Å²) >= 11 is 6.01. The second kappa shape index (κ2) is 9.35. The third-order valence-electron chi connectivity index (χ3n) is 5.67. The van der Waals surface area contributed by atoms with Crippen LogP contribution in [0.3, 0.4) is 0 Å². The third kappa shape index (κ3) is 4.64. The summed E-state index contributed by atoms with van der Waals surface area (Å²) in [5.74, 6) is -0.186. The number of hydrogen-bond donors (Lipinski definition) is 1. The van der Waals surface area contributed by atoms with Crippen molar-refractivity contribution in [3.05, 3.63) is 89.0 Å². The number of hydrogen-bond acceptors (Lipinski definition) is 3. The fraction of sp³-hybridized carbons (Fsp3) is 0.292. The zero-order valence-corrected chi connectivity index (χ0v) is 18.1. The van der Waals surface area contributed by atoms with Crippen LogP contribution in [-0.4, -0.2) is 39.4 Å². The summed E-state index contributed by atoms with van der Waals surface area (Å²) in [5.41, 5.74) is 2.44. The molecule has 2 aromatic carbocycles. The first kappa shape index (κ1) is 21.1. The van der Waals surface area contributed by atoms with Gasteiger partial charge in [-0.1, -0.05) is 48.9 Å². The monoisotopic (exact) mass is 436 g/mol. The van der Waals surface area contributed by atoms with Crippen LogP contribution < -0.4 is 5.32 Å². The zero-order chi connectivity index (χ0) is 21.8. The van der Waals surface area contributed by atoms with Crippen LogP contribution in [0.5, 0.6) is 0 Å². The Hall–Kier alpha value is -3.12. The largest absolute Gasteiger partial charge is 0.354 e. The molecular weight excluding hydrogens is 412 g/mol. The van der Waals surface area contributed by atoms with Crippen LogP contribution in [0.1, 0.15) is 46.8 Å². The predicted octanol–water partition coefficient (Wildman–Crippen LogP) is 4.04. The first-order chi connectivity index (χ1) is 15.0. The first-order valence-electron chi connectivity index (χ1n) is 10.4. The van der Waals surface area contributed by atoms with Gasteiger partial charge in [-0.3, -0.25) is 9.59 Å². The number of aryl methyl sites for hydroxylation is 1. The number of carbonyl (C=O) groups excluding carboxylic acids is 2. The number of halogens is 1. The minimum absolute atomic E-state index is 0.0621. The Labute approximate surface area is 186 Å². The molecule has 0 aliphatic carbocycles. The van der Waals surface area contributed by atoms with Crippen molar-refractivity contribution >= 4 is 23.4 Å². The second-order valence-electron chi connectivity index (χ2n) is 7.84. The molecule has 6 nitrogen and oxygen atoms in total. The van der Waals surface area contributed by atoms with Gasteiger partial charge in [-0.15, -0.1) is 0 Å². The molecule has 0 saturated heterocycles. The lowest BCUT2D eigenvalue weighted by Crippen LogP contribution is -2.41. The number of fused-ring (bicyclic) bond motifs is 1. The normalized spacial score (nSPS) is 16.3. The number of imidazole rings is 1. The quantitative estimate of drug-likeness (QED) is 0.542. The molecule has 0 fully saturated rings. The van der Waals surface area contributed by atoms with Gasteiger partial charge in [0.1, 0.15) is 6.04 Å². The van der Waals surface area contributed by atoms with Crippen molar-refractivity contribution in [1.82, 2.24) is 19.8 Å². The molecule has 0 bridgehead atoms. The van der Waals surface area contributed by atoms with E-state index >= 15 is 0 Å². The standard InChI is InChI=1S/C24H25ClN4O2/c1-17(18-7-9-19(25)10-8-18)15-29-22(20-5-2-3-6-21(20)24(29)31)23(30)27-11-4-13-28-14-12-26-16-28/h2-3,5-10,12,14,16-17,22H,4,11,13,15H2,1H3,(H,27,30). The Balaban J connectivity index is 1.47. The highest BCUT2D eigenvalue weighted by molar-refractivity contribution is 6.30. The summed E-state index contributed by atoms with van der Waals surface area (Å²) < 4.78 is 1.97. The molecule has 2 amide bonds. The summed E-state index contributed by atoms with van der Waals surface area (Å²) in [7, 11) is 0. The molecule has 7 heteroatoms. The van der Waals surface area contributed by atoms with Crippen molar-refractivity contribution in [2.75, 3.05) is 13.1 Å². The summed E-state index contributed by atoms with van der Waals surface area (Å²) in [6, 6.07) is 14.4. The van der Waals surface area contributed by atoms with Crippen molar-refractivity contribution in [3.63, 3.8) is 0 Å². The summed E-state index contributed by atoms with van der Waals surface area (Å²) in [5, 5.41) is 3.69. The number of carbonyl (C=O) groups is 2. The van der Waals surface area contributed by atoms with Crippen molar-refractivity contribution in [3.8, 4) is 0 Å². The van der Waals surface area contributed by atoms with E-state index in [-0.39, 0.29) is 17.7 Å². The van der Waals surface area contributed by atoms with Gasteiger partial charge in [0.05, 0.1) is 6.33 Å². The highest BCUT2D eigenvalue weighted by Crippen LogP contribution is 2.35. The van der Waals surface area contributed by atoms with Crippen molar-refractivity contribution in [2.45, 2.75) is 31.8 Å². The minimum atomic E-state index is -0.619. The Morgan fingerprint density at radius 2 is 1.97 bits per heavy atom. The van der Waals surface area contributed by atoms with Gasteiger partial charge < -0.3 is 14.8 Å². The van der Waals surface area contributed by atoms with E-state index in [2.05, 4.69) is 17.2 Å². The molecule has 1 aromatic heterocycles. The molecule has 31 heavy (non-hydrogen) atoms. The van der Waals surface area contributed by atoms with Gasteiger partial charge >= 0.3 is 0 Å². The van der Waals surface area contributed by atoms with Crippen LogP contribution >= 0.6 is 11.6 Å². The van der Waals surface area contributed by atoms with Crippen LogP contribution in [-0.2, 0) is 11.3 Å². The van der Waals surface area contributed by atoms with Gasteiger partial charge in [-0.25, -0.2) is 4.98 Å². The van der Waals surface area contributed by atoms with E-state index in [0.29, 0.717) is 23.7 Å². The lowest BCUT2D eigenvalue weighted by Gasteiger charge is -2.27. The predicted molar refractivity (Wildman–Crippen MR) is 120 cm³/mol. The smallest absolute Gasteiger partial charge is 0.255 e. The van der Waals surface area contributed by atoms with Gasteiger partial charge in [0.25, 0.3) is 5.91 Å². The van der Waals surface area contributed by atoms with Crippen LogP contribution in [0.2, 0.25) is 5.02 Å². The Morgan fingerprint density at radius 3 is 2.71 bits per heavy atom. The molecule has 1 aliphatic heterocycles. The highest BCUT2D eigenvalue weighted by atomic mass is 35.5. The van der Waals surface area contributed by atoms with E-state index in [1.54, 1.807) is 23.5 Å². The van der Waals surface area contributed by atoms with E-state index in [0.717, 1.165) is 24.1 Å². The first-order valence-corrected chi connectivity index (χ1v) is 10.8. The lowest BCUT2D eigenvalue weighted by atomic mass is 9.99. The molecule has 0 spiro atoms.